The van der Waals surface area contributed by atoms with Gasteiger partial charge in [0, 0.05) is 35.9 Å². The summed E-state index contributed by atoms with van der Waals surface area (Å²) in [6, 6.07) is 1.85. The molecule has 0 spiro atoms. The standard InChI is InChI=1S/C11H9N3O3/c15-10-9(17-11(16)14-10)3-6-4-13-8-1-2-12-5-7(6)8/h1-2,4-5,9,13H,3H2,(H,14,15,16). The summed E-state index contributed by atoms with van der Waals surface area (Å²) in [6.45, 7) is 0. The van der Waals surface area contributed by atoms with Crippen LogP contribution in [0.15, 0.2) is 24.7 Å². The van der Waals surface area contributed by atoms with Gasteiger partial charge in [-0.2, -0.15) is 0 Å². The lowest BCUT2D eigenvalue weighted by atomic mass is 10.1. The zero-order valence-corrected chi connectivity index (χ0v) is 8.77. The van der Waals surface area contributed by atoms with E-state index in [0.29, 0.717) is 6.42 Å². The monoisotopic (exact) mass is 231 g/mol. The Hall–Kier alpha value is -2.37. The number of ether oxygens (including phenoxy) is 1. The number of rotatable bonds is 2. The Morgan fingerprint density at radius 1 is 1.41 bits per heavy atom. The van der Waals surface area contributed by atoms with Crippen molar-refractivity contribution in [3.63, 3.8) is 0 Å². The molecule has 1 aliphatic heterocycles. The number of carbonyl (C=O) groups is 2. The molecule has 1 unspecified atom stereocenters. The molecule has 6 heteroatoms. The van der Waals surface area contributed by atoms with Crippen molar-refractivity contribution >= 4 is 22.9 Å². The molecule has 0 bridgehead atoms. The average Bonchev–Trinajstić information content (AvgIpc) is 2.85. The highest BCUT2D eigenvalue weighted by Crippen LogP contribution is 2.20. The van der Waals surface area contributed by atoms with Gasteiger partial charge in [0.2, 0.25) is 0 Å². The van der Waals surface area contributed by atoms with Gasteiger partial charge in [0.05, 0.1) is 0 Å². The number of amides is 2. The zero-order chi connectivity index (χ0) is 11.8. The highest BCUT2D eigenvalue weighted by Gasteiger charge is 2.32. The van der Waals surface area contributed by atoms with Gasteiger partial charge in [0.25, 0.3) is 5.91 Å². The van der Waals surface area contributed by atoms with Crippen molar-refractivity contribution in [2.75, 3.05) is 0 Å². The maximum Gasteiger partial charge on any atom is 0.414 e. The zero-order valence-electron chi connectivity index (χ0n) is 8.77. The number of nitrogens with one attached hydrogen (secondary N) is 2. The summed E-state index contributed by atoms with van der Waals surface area (Å²) in [6.07, 6.45) is 4.12. The van der Waals surface area contributed by atoms with E-state index in [4.69, 9.17) is 4.74 Å². The maximum absolute atomic E-state index is 11.4. The van der Waals surface area contributed by atoms with Gasteiger partial charge in [0.15, 0.2) is 6.10 Å². The number of H-pyrrole nitrogens is 1. The molecule has 3 heterocycles. The van der Waals surface area contributed by atoms with Crippen LogP contribution >= 0.6 is 0 Å². The number of imide groups is 1. The van der Waals surface area contributed by atoms with E-state index in [0.717, 1.165) is 16.5 Å². The third-order valence-corrected chi connectivity index (χ3v) is 2.74. The minimum Gasteiger partial charge on any atom is -0.435 e. The molecular weight excluding hydrogens is 222 g/mol. The molecule has 1 saturated heterocycles. The Kier molecular flexibility index (Phi) is 2.07. The SMILES string of the molecule is O=C1NC(=O)C(Cc2c[nH]c3ccncc23)O1. The van der Waals surface area contributed by atoms with Crippen molar-refractivity contribution in [1.29, 1.82) is 0 Å². The fourth-order valence-corrected chi connectivity index (χ4v) is 1.92. The number of alkyl carbamates (subject to hydrolysis) is 1. The second-order valence-corrected chi connectivity index (χ2v) is 3.82. The van der Waals surface area contributed by atoms with Crippen LogP contribution in [-0.2, 0) is 16.0 Å². The van der Waals surface area contributed by atoms with Crippen molar-refractivity contribution in [2.45, 2.75) is 12.5 Å². The number of nitrogens with zero attached hydrogens (tertiary/aromatic N) is 1. The van der Waals surface area contributed by atoms with Crippen LogP contribution in [0.3, 0.4) is 0 Å². The molecule has 0 aliphatic carbocycles. The summed E-state index contributed by atoms with van der Waals surface area (Å²) in [5.74, 6) is -0.395. The van der Waals surface area contributed by atoms with Crippen molar-refractivity contribution in [3.8, 4) is 0 Å². The highest BCUT2D eigenvalue weighted by molar-refractivity contribution is 6.00. The maximum atomic E-state index is 11.4. The summed E-state index contributed by atoms with van der Waals surface area (Å²) in [5.41, 5.74) is 1.85. The lowest BCUT2D eigenvalue weighted by Crippen LogP contribution is -2.25. The van der Waals surface area contributed by atoms with Crippen LogP contribution in [0.4, 0.5) is 4.79 Å². The quantitative estimate of drug-likeness (QED) is 0.798. The van der Waals surface area contributed by atoms with Crippen LogP contribution in [-0.4, -0.2) is 28.1 Å². The number of cyclic esters (lactones) is 1. The molecule has 0 radical (unpaired) electrons. The van der Waals surface area contributed by atoms with Crippen LogP contribution < -0.4 is 5.32 Å². The molecule has 3 rings (SSSR count). The normalized spacial score (nSPS) is 19.4. The molecule has 6 nitrogen and oxygen atoms in total. The van der Waals surface area contributed by atoms with Gasteiger partial charge in [-0.3, -0.25) is 15.1 Å². The van der Waals surface area contributed by atoms with Gasteiger partial charge in [-0.25, -0.2) is 4.79 Å². The van der Waals surface area contributed by atoms with E-state index in [-0.39, 0.29) is 0 Å². The van der Waals surface area contributed by atoms with Crippen molar-refractivity contribution in [3.05, 3.63) is 30.2 Å². The number of hydrogen-bond acceptors (Lipinski definition) is 4. The molecule has 86 valence electrons. The van der Waals surface area contributed by atoms with Crippen LogP contribution in [0.2, 0.25) is 0 Å². The lowest BCUT2D eigenvalue weighted by molar-refractivity contribution is -0.123. The van der Waals surface area contributed by atoms with Gasteiger partial charge in [-0.15, -0.1) is 0 Å². The first-order chi connectivity index (χ1) is 8.24. The summed E-state index contributed by atoms with van der Waals surface area (Å²) in [4.78, 5) is 29.3. The van der Waals surface area contributed by atoms with E-state index in [1.807, 2.05) is 6.07 Å². The van der Waals surface area contributed by atoms with Crippen LogP contribution in [0.25, 0.3) is 10.9 Å². The predicted octanol–water partition coefficient (Wildman–Crippen LogP) is 0.740. The first-order valence-electron chi connectivity index (χ1n) is 5.15. The van der Waals surface area contributed by atoms with E-state index in [1.165, 1.54) is 0 Å². The van der Waals surface area contributed by atoms with Crippen LogP contribution in [0.5, 0.6) is 0 Å². The van der Waals surface area contributed by atoms with Gasteiger partial charge < -0.3 is 9.72 Å². The Morgan fingerprint density at radius 3 is 3.06 bits per heavy atom. The molecule has 0 saturated carbocycles. The van der Waals surface area contributed by atoms with E-state index >= 15 is 0 Å². The van der Waals surface area contributed by atoms with Crippen LogP contribution in [0.1, 0.15) is 5.56 Å². The fourth-order valence-electron chi connectivity index (χ4n) is 1.92. The van der Waals surface area contributed by atoms with Gasteiger partial charge in [0.1, 0.15) is 0 Å². The molecule has 2 N–H and O–H groups in total. The third-order valence-electron chi connectivity index (χ3n) is 2.74. The number of fused-ring (bicyclic) bond motifs is 1. The molecule has 2 amide bonds. The average molecular weight is 231 g/mol. The largest absolute Gasteiger partial charge is 0.435 e. The van der Waals surface area contributed by atoms with E-state index in [1.54, 1.807) is 18.6 Å². The molecule has 1 fully saturated rings. The molecule has 0 aromatic carbocycles. The molecular formula is C11H9N3O3. The number of aromatic nitrogens is 2. The molecule has 1 atom stereocenters. The van der Waals surface area contributed by atoms with Gasteiger partial charge in [-0.1, -0.05) is 0 Å². The lowest BCUT2D eigenvalue weighted by Gasteiger charge is -2.04. The minimum absolute atomic E-state index is 0.350. The fraction of sp³-hybridized carbons (Fsp3) is 0.182. The minimum atomic E-state index is -0.748. The van der Waals surface area contributed by atoms with Crippen molar-refractivity contribution in [1.82, 2.24) is 15.3 Å². The number of carbonyl (C=O) groups excluding carboxylic acids is 2. The molecule has 2 aromatic heterocycles. The molecule has 1 aliphatic rings. The van der Waals surface area contributed by atoms with Crippen molar-refractivity contribution < 1.29 is 14.3 Å². The molecule has 17 heavy (non-hydrogen) atoms. The Labute approximate surface area is 96.0 Å². The number of hydrogen-bond donors (Lipinski definition) is 2. The first kappa shape index (κ1) is 9.83. The summed E-state index contributed by atoms with van der Waals surface area (Å²) in [7, 11) is 0. The summed E-state index contributed by atoms with van der Waals surface area (Å²) >= 11 is 0. The Bertz CT molecular complexity index is 605. The van der Waals surface area contributed by atoms with E-state index in [9.17, 15) is 9.59 Å². The third kappa shape index (κ3) is 1.63. The topological polar surface area (TPSA) is 84.1 Å². The number of pyridine rings is 1. The van der Waals surface area contributed by atoms with Crippen LogP contribution in [0, 0.1) is 0 Å². The Balaban J connectivity index is 1.90. The van der Waals surface area contributed by atoms with Gasteiger partial charge >= 0.3 is 6.09 Å². The summed E-state index contributed by atoms with van der Waals surface area (Å²) in [5, 5.41) is 3.04. The van der Waals surface area contributed by atoms with E-state index in [2.05, 4.69) is 15.3 Å². The second kappa shape index (κ2) is 3.58. The Morgan fingerprint density at radius 2 is 2.29 bits per heavy atom. The van der Waals surface area contributed by atoms with Crippen molar-refractivity contribution in [2.24, 2.45) is 0 Å². The summed E-state index contributed by atoms with van der Waals surface area (Å²) < 4.78 is 4.86. The van der Waals surface area contributed by atoms with Gasteiger partial charge in [-0.05, 0) is 11.6 Å². The smallest absolute Gasteiger partial charge is 0.414 e. The second-order valence-electron chi connectivity index (χ2n) is 3.82. The number of aromatic amines is 1. The predicted molar refractivity (Wildman–Crippen MR) is 58.2 cm³/mol. The first-order valence-corrected chi connectivity index (χ1v) is 5.15. The molecule has 2 aromatic rings. The van der Waals surface area contributed by atoms with E-state index < -0.39 is 18.1 Å². The highest BCUT2D eigenvalue weighted by atomic mass is 16.6.